The van der Waals surface area contributed by atoms with E-state index in [2.05, 4.69) is 19.9 Å². The molecular formula is C15H17ClN4O2. The summed E-state index contributed by atoms with van der Waals surface area (Å²) < 4.78 is 11.0. The van der Waals surface area contributed by atoms with E-state index in [9.17, 15) is 0 Å². The molecule has 1 atom stereocenters. The van der Waals surface area contributed by atoms with Gasteiger partial charge in [0.25, 0.3) is 0 Å². The Morgan fingerprint density at radius 2 is 2.18 bits per heavy atom. The van der Waals surface area contributed by atoms with Crippen LogP contribution in [0.25, 0.3) is 0 Å². The number of halogens is 1. The summed E-state index contributed by atoms with van der Waals surface area (Å²) in [5, 5.41) is 0.524. The van der Waals surface area contributed by atoms with Gasteiger partial charge in [0.15, 0.2) is 5.82 Å². The monoisotopic (exact) mass is 320 g/mol. The van der Waals surface area contributed by atoms with Crippen molar-refractivity contribution in [2.45, 2.75) is 19.1 Å². The molecule has 6 nitrogen and oxygen atoms in total. The lowest BCUT2D eigenvalue weighted by Gasteiger charge is -2.19. The first-order valence-corrected chi connectivity index (χ1v) is 7.46. The lowest BCUT2D eigenvalue weighted by Crippen LogP contribution is -2.24. The summed E-state index contributed by atoms with van der Waals surface area (Å²) in [6.07, 6.45) is 6.20. The molecule has 116 valence electrons. The summed E-state index contributed by atoms with van der Waals surface area (Å²) in [5.74, 6) is 0.698. The number of hydrogen-bond acceptors (Lipinski definition) is 6. The van der Waals surface area contributed by atoms with Gasteiger partial charge in [0.1, 0.15) is 5.02 Å². The molecule has 1 saturated heterocycles. The van der Waals surface area contributed by atoms with E-state index >= 15 is 0 Å². The maximum atomic E-state index is 6.18. The molecule has 1 aliphatic heterocycles. The second kappa shape index (κ2) is 6.89. The Bertz CT molecular complexity index is 626. The molecule has 0 N–H and O–H groups in total. The van der Waals surface area contributed by atoms with Gasteiger partial charge < -0.3 is 14.4 Å². The summed E-state index contributed by atoms with van der Waals surface area (Å²) in [4.78, 5) is 14.4. The van der Waals surface area contributed by atoms with Crippen molar-refractivity contribution in [1.82, 2.24) is 15.0 Å². The van der Waals surface area contributed by atoms with Gasteiger partial charge in [-0.1, -0.05) is 11.6 Å². The van der Waals surface area contributed by atoms with Crippen LogP contribution in [0.5, 0.6) is 6.01 Å². The zero-order valence-electron chi connectivity index (χ0n) is 12.3. The Morgan fingerprint density at radius 1 is 1.36 bits per heavy atom. The third kappa shape index (κ3) is 3.45. The van der Waals surface area contributed by atoms with E-state index in [0.29, 0.717) is 23.5 Å². The van der Waals surface area contributed by atoms with Gasteiger partial charge in [0.05, 0.1) is 26.0 Å². The van der Waals surface area contributed by atoms with Crippen LogP contribution < -0.4 is 9.64 Å². The number of ether oxygens (including phenoxy) is 2. The standard InChI is InChI=1S/C15H17ClN4O2/c1-21-15-18-8-13(16)14(19-15)20-7-4-12(9-20)22-10-11-2-5-17-6-3-11/h2-3,5-6,8,12H,4,7,9-10H2,1H3. The van der Waals surface area contributed by atoms with E-state index in [1.54, 1.807) is 18.6 Å². The first-order valence-electron chi connectivity index (χ1n) is 7.08. The number of anilines is 1. The molecule has 22 heavy (non-hydrogen) atoms. The van der Waals surface area contributed by atoms with Crippen LogP contribution in [0.3, 0.4) is 0 Å². The van der Waals surface area contributed by atoms with Crippen LogP contribution in [0.4, 0.5) is 5.82 Å². The summed E-state index contributed by atoms with van der Waals surface area (Å²) >= 11 is 6.18. The zero-order chi connectivity index (χ0) is 15.4. The van der Waals surface area contributed by atoms with Crippen molar-refractivity contribution in [3.05, 3.63) is 41.3 Å². The summed E-state index contributed by atoms with van der Waals surface area (Å²) in [6.45, 7) is 2.19. The van der Waals surface area contributed by atoms with Gasteiger partial charge in [-0.15, -0.1) is 0 Å². The minimum atomic E-state index is 0.158. The van der Waals surface area contributed by atoms with Gasteiger partial charge in [-0.2, -0.15) is 4.98 Å². The van der Waals surface area contributed by atoms with Crippen LogP contribution in [0.1, 0.15) is 12.0 Å². The smallest absolute Gasteiger partial charge is 0.318 e. The van der Waals surface area contributed by atoms with E-state index in [0.717, 1.165) is 25.1 Å². The number of pyridine rings is 1. The molecule has 1 unspecified atom stereocenters. The first-order chi connectivity index (χ1) is 10.8. The topological polar surface area (TPSA) is 60.4 Å². The van der Waals surface area contributed by atoms with Crippen molar-refractivity contribution in [1.29, 1.82) is 0 Å². The molecule has 0 saturated carbocycles. The van der Waals surface area contributed by atoms with Gasteiger partial charge in [0.2, 0.25) is 0 Å². The van der Waals surface area contributed by atoms with E-state index in [1.165, 1.54) is 7.11 Å². The number of hydrogen-bond donors (Lipinski definition) is 0. The van der Waals surface area contributed by atoms with Crippen molar-refractivity contribution >= 4 is 17.4 Å². The van der Waals surface area contributed by atoms with Crippen LogP contribution in [0, 0.1) is 0 Å². The molecule has 0 bridgehead atoms. The lowest BCUT2D eigenvalue weighted by molar-refractivity contribution is 0.0553. The summed E-state index contributed by atoms with van der Waals surface area (Å²) in [5.41, 5.74) is 1.12. The fraction of sp³-hybridized carbons (Fsp3) is 0.400. The fourth-order valence-electron chi connectivity index (χ4n) is 2.41. The molecule has 3 heterocycles. The van der Waals surface area contributed by atoms with Gasteiger partial charge in [-0.05, 0) is 24.1 Å². The van der Waals surface area contributed by atoms with Gasteiger partial charge in [0, 0.05) is 25.5 Å². The van der Waals surface area contributed by atoms with Gasteiger partial charge >= 0.3 is 6.01 Å². The molecule has 7 heteroatoms. The maximum Gasteiger partial charge on any atom is 0.318 e. The van der Waals surface area contributed by atoms with Gasteiger partial charge in [-0.25, -0.2) is 4.98 Å². The molecular weight excluding hydrogens is 304 g/mol. The number of rotatable bonds is 5. The molecule has 0 spiro atoms. The van der Waals surface area contributed by atoms with Crippen LogP contribution >= 0.6 is 11.6 Å². The Balaban J connectivity index is 1.60. The largest absolute Gasteiger partial charge is 0.467 e. The average Bonchev–Trinajstić information content (AvgIpc) is 3.03. The minimum absolute atomic E-state index is 0.158. The average molecular weight is 321 g/mol. The predicted molar refractivity (Wildman–Crippen MR) is 83.2 cm³/mol. The van der Waals surface area contributed by atoms with Gasteiger partial charge in [-0.3, -0.25) is 4.98 Å². The van der Waals surface area contributed by atoms with Crippen LogP contribution in [0.2, 0.25) is 5.02 Å². The van der Waals surface area contributed by atoms with E-state index in [4.69, 9.17) is 21.1 Å². The molecule has 1 aliphatic rings. The van der Waals surface area contributed by atoms with E-state index < -0.39 is 0 Å². The van der Waals surface area contributed by atoms with Crippen molar-refractivity contribution < 1.29 is 9.47 Å². The summed E-state index contributed by atoms with van der Waals surface area (Å²) in [6, 6.07) is 4.23. The number of nitrogens with zero attached hydrogens (tertiary/aromatic N) is 4. The Kier molecular flexibility index (Phi) is 4.70. The molecule has 3 rings (SSSR count). The Morgan fingerprint density at radius 3 is 2.95 bits per heavy atom. The fourth-order valence-corrected chi connectivity index (χ4v) is 2.62. The summed E-state index contributed by atoms with van der Waals surface area (Å²) in [7, 11) is 1.54. The normalized spacial score (nSPS) is 17.7. The second-order valence-corrected chi connectivity index (χ2v) is 5.46. The lowest BCUT2D eigenvalue weighted by atomic mass is 10.3. The van der Waals surface area contributed by atoms with Crippen molar-refractivity contribution in [2.75, 3.05) is 25.1 Å². The molecule has 0 aliphatic carbocycles. The highest BCUT2D eigenvalue weighted by atomic mass is 35.5. The van der Waals surface area contributed by atoms with E-state index in [1.807, 2.05) is 12.1 Å². The van der Waals surface area contributed by atoms with Crippen molar-refractivity contribution in [3.63, 3.8) is 0 Å². The molecule has 0 aromatic carbocycles. The van der Waals surface area contributed by atoms with Crippen LogP contribution in [0.15, 0.2) is 30.7 Å². The Labute approximate surface area is 134 Å². The third-order valence-corrected chi connectivity index (χ3v) is 3.83. The van der Waals surface area contributed by atoms with Crippen molar-refractivity contribution in [2.24, 2.45) is 0 Å². The molecule has 0 amide bonds. The van der Waals surface area contributed by atoms with Crippen LogP contribution in [-0.4, -0.2) is 41.3 Å². The second-order valence-electron chi connectivity index (χ2n) is 5.05. The SMILES string of the molecule is COc1ncc(Cl)c(N2CCC(OCc3ccncc3)C2)n1. The highest BCUT2D eigenvalue weighted by Crippen LogP contribution is 2.28. The third-order valence-electron chi connectivity index (χ3n) is 3.57. The Hall–Kier alpha value is -1.92. The highest BCUT2D eigenvalue weighted by molar-refractivity contribution is 6.32. The number of methoxy groups -OCH3 is 1. The molecule has 2 aromatic rings. The predicted octanol–water partition coefficient (Wildman–Crippen LogP) is 2.33. The van der Waals surface area contributed by atoms with Crippen LogP contribution in [-0.2, 0) is 11.3 Å². The minimum Gasteiger partial charge on any atom is -0.467 e. The number of aromatic nitrogens is 3. The maximum absolute atomic E-state index is 6.18. The molecule has 1 fully saturated rings. The molecule has 0 radical (unpaired) electrons. The van der Waals surface area contributed by atoms with E-state index in [-0.39, 0.29) is 6.10 Å². The highest BCUT2D eigenvalue weighted by Gasteiger charge is 2.26. The molecule has 2 aromatic heterocycles. The van der Waals surface area contributed by atoms with Crippen molar-refractivity contribution in [3.8, 4) is 6.01 Å². The quantitative estimate of drug-likeness (QED) is 0.842. The first kappa shape index (κ1) is 15.0. The zero-order valence-corrected chi connectivity index (χ0v) is 13.0.